The minimum absolute atomic E-state index is 0. The van der Waals surface area contributed by atoms with E-state index in [9.17, 15) is 50.1 Å². The van der Waals surface area contributed by atoms with Crippen molar-refractivity contribution in [3.63, 3.8) is 0 Å². The number of rotatable bonds is 19. The van der Waals surface area contributed by atoms with E-state index in [4.69, 9.17) is 9.84 Å². The zero-order valence-electron chi connectivity index (χ0n) is 24.6. The molecule has 1 heterocycles. The van der Waals surface area contributed by atoms with Crippen molar-refractivity contribution in [1.82, 2.24) is 5.32 Å². The van der Waals surface area contributed by atoms with Crippen molar-refractivity contribution >= 4 is 29.6 Å². The Morgan fingerprint density at radius 2 is 1.45 bits per heavy atom. The van der Waals surface area contributed by atoms with Gasteiger partial charge in [-0.25, -0.2) is 4.79 Å². The summed E-state index contributed by atoms with van der Waals surface area (Å²) >= 11 is 0. The normalized spacial score (nSPS) is 24.1. The molecule has 1 fully saturated rings. The fraction of sp³-hybridized carbons (Fsp3) is 0.800. The molecule has 7 N–H and O–H groups in total. The van der Waals surface area contributed by atoms with Gasteiger partial charge >= 0.3 is 71.1 Å². The van der Waals surface area contributed by atoms with E-state index in [0.29, 0.717) is 6.42 Å². The smallest absolute Gasteiger partial charge is 0.862 e. The van der Waals surface area contributed by atoms with Gasteiger partial charge in [0.25, 0.3) is 0 Å². The molecule has 15 nitrogen and oxygen atoms in total. The molecule has 0 bridgehead atoms. The van der Waals surface area contributed by atoms with E-state index in [1.807, 2.05) is 0 Å². The van der Waals surface area contributed by atoms with Crippen molar-refractivity contribution < 1.29 is 119 Å². The number of aliphatic hydroxyl groups excluding tert-OH is 4. The maximum absolute atomic E-state index is 12.8. The van der Waals surface area contributed by atoms with Crippen molar-refractivity contribution in [1.29, 1.82) is 0 Å². The molecule has 0 aromatic rings. The number of carboxylic acid groups (broad SMARTS) is 2. The van der Waals surface area contributed by atoms with E-state index < -0.39 is 98.2 Å². The zero-order chi connectivity index (χ0) is 30.2. The first-order valence-corrected chi connectivity index (χ1v) is 13.4. The van der Waals surface area contributed by atoms with Gasteiger partial charge in [0.05, 0.1) is 6.61 Å². The molecule has 0 saturated carbocycles. The van der Waals surface area contributed by atoms with Gasteiger partial charge in [-0.05, 0) is 37.5 Å². The molecule has 1 amide bonds. The number of ether oxygens (including phenoxy) is 1. The molecule has 0 radical (unpaired) electrons. The predicted molar refractivity (Wildman–Crippen MR) is 136 cm³/mol. The second kappa shape index (κ2) is 23.5. The molecule has 42 heavy (non-hydrogen) atoms. The first kappa shape index (κ1) is 43.3. The number of amides is 1. The van der Waals surface area contributed by atoms with Gasteiger partial charge in [-0.1, -0.05) is 45.4 Å². The van der Waals surface area contributed by atoms with Crippen LogP contribution in [0.5, 0.6) is 0 Å². The summed E-state index contributed by atoms with van der Waals surface area (Å²) in [7, 11) is 0. The summed E-state index contributed by atoms with van der Waals surface area (Å²) < 4.78 is 5.13. The second-order valence-corrected chi connectivity index (χ2v) is 9.67. The number of carbonyl (C=O) groups is 3. The first-order valence-electron chi connectivity index (χ1n) is 13.4. The Kier molecular flexibility index (Phi) is 24.2. The largest absolute Gasteiger partial charge is 1.00 e. The molecule has 7 atom stereocenters. The van der Waals surface area contributed by atoms with Gasteiger partial charge in [0.15, 0.2) is 6.23 Å². The van der Waals surface area contributed by atoms with E-state index in [0.717, 1.165) is 32.1 Å². The van der Waals surface area contributed by atoms with Crippen LogP contribution in [0.2, 0.25) is 0 Å². The van der Waals surface area contributed by atoms with E-state index in [1.165, 1.54) is 0 Å². The van der Waals surface area contributed by atoms with Crippen LogP contribution in [0, 0.1) is 0 Å². The molecule has 1 saturated heterocycles. The second-order valence-electron chi connectivity index (χ2n) is 9.67. The number of aliphatic carboxylic acids is 2. The quantitative estimate of drug-likeness (QED) is 0.0307. The van der Waals surface area contributed by atoms with Gasteiger partial charge in [0.1, 0.15) is 36.5 Å². The van der Waals surface area contributed by atoms with Gasteiger partial charge < -0.3 is 50.9 Å². The molecular weight excluding hydrogens is 580 g/mol. The van der Waals surface area contributed by atoms with Crippen LogP contribution in [-0.2, 0) is 19.1 Å². The molecule has 1 aliphatic rings. The molecule has 17 heteroatoms. The monoisotopic (exact) mass is 621 g/mol. The van der Waals surface area contributed by atoms with Gasteiger partial charge in [-0.3, -0.25) is 19.6 Å². The van der Waals surface area contributed by atoms with Crippen LogP contribution in [0.1, 0.15) is 77.6 Å². The fourth-order valence-corrected chi connectivity index (χ4v) is 4.01. The Labute approximate surface area is 289 Å². The number of aliphatic hydroxyl groups is 4. The first-order chi connectivity index (χ1) is 18.9. The summed E-state index contributed by atoms with van der Waals surface area (Å²) in [6.07, 6.45) is -4.34. The standard InChI is InChI=1S/C25H43N3O12.2Na/c1-2-3-4-5-6-7-8-14(23(37)27-15(25(38)39)9-12-19(32)33)26-17(30)10-11-18(31)28-24-22(36)21(35)20(34)16(13-29)40-24;;/h14-16,20-22,24,29,34-36H,2-13H2,1H3,(H,26,30)(H,27,37)(H,28,31)(H,32,33)(H,38,39);;/q;2*+1/p-2/t14-,15+,16-,20-,21+,22-,24-;;/m1../s1. The van der Waals surface area contributed by atoms with E-state index in [-0.39, 0.29) is 72.0 Å². The van der Waals surface area contributed by atoms with Crippen molar-refractivity contribution in [3.05, 3.63) is 0 Å². The third-order valence-corrected chi connectivity index (χ3v) is 6.39. The average molecular weight is 622 g/mol. The summed E-state index contributed by atoms with van der Waals surface area (Å²) in [5.74, 6) is -5.25. The van der Waals surface area contributed by atoms with Crippen molar-refractivity contribution in [2.24, 2.45) is 9.98 Å². The van der Waals surface area contributed by atoms with Gasteiger partial charge in [0, 0.05) is 6.42 Å². The predicted octanol–water partition coefficient (Wildman–Crippen LogP) is -8.35. The number of hydrogen-bond acceptors (Lipinski definition) is 12. The molecule has 0 aromatic carbocycles. The van der Waals surface area contributed by atoms with Crippen LogP contribution < -0.4 is 74.6 Å². The molecule has 1 aliphatic heterocycles. The topological polar surface area (TPSA) is 265 Å². The summed E-state index contributed by atoms with van der Waals surface area (Å²) in [5, 5.41) is 84.0. The number of carbonyl (C=O) groups excluding carboxylic acids is 1. The van der Waals surface area contributed by atoms with Crippen molar-refractivity contribution in [3.8, 4) is 0 Å². The van der Waals surface area contributed by atoms with Gasteiger partial charge in [0.2, 0.25) is 5.91 Å². The zero-order valence-corrected chi connectivity index (χ0v) is 28.6. The van der Waals surface area contributed by atoms with Crippen LogP contribution in [0.25, 0.3) is 0 Å². The van der Waals surface area contributed by atoms with Gasteiger partial charge in [-0.2, -0.15) is 0 Å². The summed E-state index contributed by atoms with van der Waals surface area (Å²) in [6, 6.07) is -2.73. The fourth-order valence-electron chi connectivity index (χ4n) is 4.01. The third-order valence-electron chi connectivity index (χ3n) is 6.39. The maximum atomic E-state index is 12.8. The maximum Gasteiger partial charge on any atom is 1.00 e. The molecule has 0 spiro atoms. The summed E-state index contributed by atoms with van der Waals surface area (Å²) in [4.78, 5) is 42.5. The Balaban J connectivity index is 0. The van der Waals surface area contributed by atoms with E-state index in [2.05, 4.69) is 22.2 Å². The number of hydrogen-bond donors (Lipinski definition) is 7. The minimum Gasteiger partial charge on any atom is -0.862 e. The van der Waals surface area contributed by atoms with Crippen molar-refractivity contribution in [2.45, 2.75) is 120 Å². The molecule has 230 valence electrons. The van der Waals surface area contributed by atoms with Crippen LogP contribution >= 0.6 is 0 Å². The Hall–Kier alpha value is -0.850. The number of nitrogens with zero attached hydrogens (tertiary/aromatic N) is 2. The van der Waals surface area contributed by atoms with E-state index >= 15 is 0 Å². The minimum atomic E-state index is -1.75. The van der Waals surface area contributed by atoms with Crippen LogP contribution in [0.4, 0.5) is 0 Å². The molecule has 1 rings (SSSR count). The van der Waals surface area contributed by atoms with Crippen LogP contribution in [0.15, 0.2) is 9.98 Å². The van der Waals surface area contributed by atoms with Crippen LogP contribution in [0.3, 0.4) is 0 Å². The Morgan fingerprint density at radius 1 is 0.857 bits per heavy atom. The third kappa shape index (κ3) is 16.3. The summed E-state index contributed by atoms with van der Waals surface area (Å²) in [5.41, 5.74) is 0. The van der Waals surface area contributed by atoms with E-state index in [1.54, 1.807) is 0 Å². The van der Waals surface area contributed by atoms with Gasteiger partial charge in [-0.15, -0.1) is 0 Å². The number of aliphatic imine (C=N–C) groups is 2. The van der Waals surface area contributed by atoms with Crippen molar-refractivity contribution in [2.75, 3.05) is 6.61 Å². The average Bonchev–Trinajstić information content (AvgIpc) is 2.90. The number of carboxylic acids is 2. The molecule has 0 unspecified atom stereocenters. The molecular formula is C25H41N3Na2O12. The molecule has 0 aromatic heterocycles. The van der Waals surface area contributed by atoms with Crippen LogP contribution in [-0.4, -0.2) is 110 Å². The number of nitrogens with one attached hydrogen (secondary N) is 1. The number of unbranched alkanes of at least 4 members (excludes halogenated alkanes) is 5. The SMILES string of the molecule is CCCCCCCC[C@@H](N=C([O-])CCC([O-])=N[C@@H]1O[C@H](CO)[C@@H](O)[C@H](O)[C@H]1O)C(=O)N[C@@H](CCC(=O)O)C(=O)O.[Na+].[Na+]. The summed E-state index contributed by atoms with van der Waals surface area (Å²) in [6.45, 7) is 1.36. The molecule has 0 aliphatic carbocycles. The Bertz CT molecular complexity index is 878. The Morgan fingerprint density at radius 3 is 2.02 bits per heavy atom.